The molecule has 0 amide bonds. The lowest BCUT2D eigenvalue weighted by atomic mass is 10.1. The maximum Gasteiger partial charge on any atom is 0.194 e. The van der Waals surface area contributed by atoms with Gasteiger partial charge in [-0.15, -0.1) is 24.0 Å². The number of nitrogens with zero attached hydrogens (tertiary/aromatic N) is 6. The molecule has 1 aliphatic heterocycles. The fraction of sp³-hybridized carbons (Fsp3) is 0.409. The first-order chi connectivity index (χ1) is 15.1. The Hall–Kier alpha value is -2.47. The molecule has 3 aromatic rings. The minimum absolute atomic E-state index is 0. The molecule has 3 heterocycles. The highest BCUT2D eigenvalue weighted by Gasteiger charge is 2.25. The summed E-state index contributed by atoms with van der Waals surface area (Å²) in [5.74, 6) is 0.632. The number of hydrogen-bond acceptors (Lipinski definition) is 4. The van der Waals surface area contributed by atoms with Crippen molar-refractivity contribution < 1.29 is 9.13 Å². The molecular formula is C22H29FIN7O. The summed E-state index contributed by atoms with van der Waals surface area (Å²) in [7, 11) is 1.91. The second-order valence-electron chi connectivity index (χ2n) is 7.47. The predicted octanol–water partition coefficient (Wildman–Crippen LogP) is 2.94. The van der Waals surface area contributed by atoms with E-state index < -0.39 is 0 Å². The second kappa shape index (κ2) is 11.4. The summed E-state index contributed by atoms with van der Waals surface area (Å²) in [6.45, 7) is 5.66. The molecule has 0 aliphatic carbocycles. The molecule has 172 valence electrons. The number of aromatic nitrogens is 4. The summed E-state index contributed by atoms with van der Waals surface area (Å²) in [4.78, 5) is 7.05. The summed E-state index contributed by atoms with van der Waals surface area (Å²) >= 11 is 0. The van der Waals surface area contributed by atoms with Crippen LogP contribution in [0, 0.1) is 5.82 Å². The molecule has 1 saturated heterocycles. The van der Waals surface area contributed by atoms with Gasteiger partial charge in [0.2, 0.25) is 0 Å². The fourth-order valence-corrected chi connectivity index (χ4v) is 3.58. The first-order valence-electron chi connectivity index (χ1n) is 10.6. The summed E-state index contributed by atoms with van der Waals surface area (Å²) in [6.07, 6.45) is 6.45. The quantitative estimate of drug-likeness (QED) is 0.289. The Balaban J connectivity index is 0.00000289. The van der Waals surface area contributed by atoms with Crippen molar-refractivity contribution in [3.8, 4) is 5.69 Å². The van der Waals surface area contributed by atoms with Crippen molar-refractivity contribution in [1.82, 2.24) is 29.8 Å². The molecule has 10 heteroatoms. The molecule has 8 nitrogen and oxygen atoms in total. The van der Waals surface area contributed by atoms with Crippen LogP contribution in [0.15, 0.2) is 53.9 Å². The van der Waals surface area contributed by atoms with E-state index in [-0.39, 0.29) is 35.9 Å². The van der Waals surface area contributed by atoms with Crippen molar-refractivity contribution >= 4 is 29.9 Å². The third-order valence-electron chi connectivity index (χ3n) is 5.16. The normalized spacial score (nSPS) is 16.7. The lowest BCUT2D eigenvalue weighted by molar-refractivity contribution is -0.00803. The number of morpholine rings is 1. The van der Waals surface area contributed by atoms with E-state index in [0.717, 1.165) is 49.0 Å². The zero-order chi connectivity index (χ0) is 21.6. The number of ether oxygens (including phenoxy) is 1. The van der Waals surface area contributed by atoms with E-state index in [1.165, 1.54) is 12.1 Å². The first kappa shape index (κ1) is 24.2. The van der Waals surface area contributed by atoms with Gasteiger partial charge in [-0.2, -0.15) is 10.2 Å². The molecule has 1 fully saturated rings. The van der Waals surface area contributed by atoms with Gasteiger partial charge in [-0.25, -0.2) is 9.07 Å². The van der Waals surface area contributed by atoms with Gasteiger partial charge in [-0.1, -0.05) is 0 Å². The molecule has 1 unspecified atom stereocenters. The van der Waals surface area contributed by atoms with Crippen LogP contribution in [-0.2, 0) is 18.2 Å². The monoisotopic (exact) mass is 553 g/mol. The van der Waals surface area contributed by atoms with Crippen molar-refractivity contribution in [3.05, 3.63) is 66.0 Å². The van der Waals surface area contributed by atoms with Gasteiger partial charge in [0, 0.05) is 51.1 Å². The average molecular weight is 553 g/mol. The van der Waals surface area contributed by atoms with Crippen molar-refractivity contribution in [2.45, 2.75) is 19.4 Å². The number of halogens is 2. The van der Waals surface area contributed by atoms with E-state index in [2.05, 4.69) is 27.3 Å². The fourth-order valence-electron chi connectivity index (χ4n) is 3.58. The molecule has 0 saturated carbocycles. The van der Waals surface area contributed by atoms with E-state index in [4.69, 9.17) is 9.73 Å². The zero-order valence-corrected chi connectivity index (χ0v) is 20.6. The number of rotatable bonds is 6. The Kier molecular flexibility index (Phi) is 8.62. The third kappa shape index (κ3) is 6.06. The van der Waals surface area contributed by atoms with Gasteiger partial charge in [-0.3, -0.25) is 9.67 Å². The summed E-state index contributed by atoms with van der Waals surface area (Å²) < 4.78 is 22.6. The van der Waals surface area contributed by atoms with Crippen LogP contribution in [0.4, 0.5) is 4.39 Å². The molecule has 0 radical (unpaired) electrons. The van der Waals surface area contributed by atoms with Gasteiger partial charge < -0.3 is 15.0 Å². The molecule has 1 N–H and O–H groups in total. The molecule has 1 atom stereocenters. The molecule has 32 heavy (non-hydrogen) atoms. The Morgan fingerprint density at radius 2 is 2.09 bits per heavy atom. The molecule has 0 spiro atoms. The molecule has 0 bridgehead atoms. The number of aliphatic imine (C=N–C) groups is 1. The van der Waals surface area contributed by atoms with Crippen LogP contribution in [0.3, 0.4) is 0 Å². The minimum Gasteiger partial charge on any atom is -0.370 e. The maximum atomic E-state index is 13.1. The summed E-state index contributed by atoms with van der Waals surface area (Å²) in [5, 5.41) is 12.2. The van der Waals surface area contributed by atoms with Gasteiger partial charge in [0.05, 0.1) is 30.7 Å². The number of guanidine groups is 1. The highest BCUT2D eigenvalue weighted by molar-refractivity contribution is 14.0. The third-order valence-corrected chi connectivity index (χ3v) is 5.16. The number of benzene rings is 1. The van der Waals surface area contributed by atoms with E-state index >= 15 is 0 Å². The number of nitrogens with one attached hydrogen (secondary N) is 1. The van der Waals surface area contributed by atoms with Crippen molar-refractivity contribution in [1.29, 1.82) is 0 Å². The van der Waals surface area contributed by atoms with Crippen LogP contribution in [0.1, 0.15) is 24.3 Å². The molecule has 4 rings (SSSR count). The summed E-state index contributed by atoms with van der Waals surface area (Å²) in [5.41, 5.74) is 2.85. The van der Waals surface area contributed by atoms with Crippen molar-refractivity contribution in [2.75, 3.05) is 32.8 Å². The van der Waals surface area contributed by atoms with Gasteiger partial charge >= 0.3 is 0 Å². The maximum absolute atomic E-state index is 13.1. The Bertz CT molecular complexity index is 1020. The Morgan fingerprint density at radius 3 is 2.81 bits per heavy atom. The largest absolute Gasteiger partial charge is 0.370 e. The standard InChI is InChI=1S/C22H28FN7O.HI/c1-3-24-22(29-12-13-31-21(16-29)17-14-26-28(2)15-17)25-10-8-19-9-11-30(27-19)20-6-4-18(23)5-7-20;/h4-7,9,11,14-15,21H,3,8,10,12-13,16H2,1-2H3,(H,24,25);1H. The number of hydrogen-bond donors (Lipinski definition) is 1. The van der Waals surface area contributed by atoms with E-state index in [1.807, 2.05) is 31.7 Å². The Labute approximate surface area is 204 Å². The smallest absolute Gasteiger partial charge is 0.194 e. The lowest BCUT2D eigenvalue weighted by Crippen LogP contribution is -2.48. The van der Waals surface area contributed by atoms with E-state index in [0.29, 0.717) is 13.2 Å². The molecule has 1 aliphatic rings. The highest BCUT2D eigenvalue weighted by atomic mass is 127. The molecule has 1 aromatic carbocycles. The molecular weight excluding hydrogens is 524 g/mol. The van der Waals surface area contributed by atoms with Crippen LogP contribution >= 0.6 is 24.0 Å². The number of aryl methyl sites for hydroxylation is 1. The van der Waals surface area contributed by atoms with Gasteiger partial charge in [0.25, 0.3) is 0 Å². The second-order valence-corrected chi connectivity index (χ2v) is 7.47. The van der Waals surface area contributed by atoms with Gasteiger partial charge in [0.1, 0.15) is 11.9 Å². The van der Waals surface area contributed by atoms with Gasteiger partial charge in [0.15, 0.2) is 5.96 Å². The van der Waals surface area contributed by atoms with Crippen LogP contribution in [0.25, 0.3) is 5.69 Å². The van der Waals surface area contributed by atoms with Crippen LogP contribution in [0.2, 0.25) is 0 Å². The molecule has 2 aromatic heterocycles. The van der Waals surface area contributed by atoms with Crippen molar-refractivity contribution in [2.24, 2.45) is 12.0 Å². The van der Waals surface area contributed by atoms with Crippen LogP contribution < -0.4 is 5.32 Å². The van der Waals surface area contributed by atoms with Crippen LogP contribution in [0.5, 0.6) is 0 Å². The van der Waals surface area contributed by atoms with Crippen molar-refractivity contribution in [3.63, 3.8) is 0 Å². The van der Waals surface area contributed by atoms with E-state index in [9.17, 15) is 4.39 Å². The predicted molar refractivity (Wildman–Crippen MR) is 132 cm³/mol. The topological polar surface area (TPSA) is 72.5 Å². The zero-order valence-electron chi connectivity index (χ0n) is 18.3. The van der Waals surface area contributed by atoms with Crippen LogP contribution in [-0.4, -0.2) is 63.2 Å². The Morgan fingerprint density at radius 1 is 1.28 bits per heavy atom. The highest BCUT2D eigenvalue weighted by Crippen LogP contribution is 2.21. The summed E-state index contributed by atoms with van der Waals surface area (Å²) in [6, 6.07) is 8.27. The van der Waals surface area contributed by atoms with E-state index in [1.54, 1.807) is 21.5 Å². The van der Waals surface area contributed by atoms with Gasteiger partial charge in [-0.05, 0) is 37.3 Å². The first-order valence-corrected chi connectivity index (χ1v) is 10.6. The average Bonchev–Trinajstić information content (AvgIpc) is 3.43. The SMILES string of the molecule is CCNC(=NCCc1ccn(-c2ccc(F)cc2)n1)N1CCOC(c2cnn(C)c2)C1.I. The lowest BCUT2D eigenvalue weighted by Gasteiger charge is -2.34. The minimum atomic E-state index is -0.254.